The first-order valence-corrected chi connectivity index (χ1v) is 9.42. The Morgan fingerprint density at radius 1 is 0.857 bits per heavy atom. The fourth-order valence-corrected chi connectivity index (χ4v) is 4.43. The second-order valence-electron chi connectivity index (χ2n) is 7.04. The molecule has 2 aliphatic heterocycles. The van der Waals surface area contributed by atoms with E-state index < -0.39 is 0 Å². The summed E-state index contributed by atoms with van der Waals surface area (Å²) in [5, 5.41) is 0. The van der Waals surface area contributed by atoms with Crippen LogP contribution in [0.15, 0.2) is 24.3 Å². The Labute approximate surface area is 165 Å². The maximum Gasteiger partial charge on any atom is 0.258 e. The van der Waals surface area contributed by atoms with Crippen LogP contribution < -0.4 is 18.9 Å². The van der Waals surface area contributed by atoms with Crippen molar-refractivity contribution < 1.29 is 23.7 Å². The number of rotatable bonds is 4. The minimum atomic E-state index is -0.00585. The summed E-state index contributed by atoms with van der Waals surface area (Å²) in [4.78, 5) is 15.5. The molecule has 2 aliphatic rings. The molecule has 2 heterocycles. The van der Waals surface area contributed by atoms with E-state index in [1.807, 2.05) is 29.2 Å². The first-order chi connectivity index (χ1) is 13.6. The van der Waals surface area contributed by atoms with Crippen molar-refractivity contribution in [2.45, 2.75) is 25.3 Å². The molecule has 2 aromatic rings. The molecule has 0 bridgehead atoms. The van der Waals surface area contributed by atoms with Crippen LogP contribution in [0.2, 0.25) is 0 Å². The first-order valence-electron chi connectivity index (χ1n) is 9.42. The number of ether oxygens (including phenoxy) is 4. The molecule has 0 fully saturated rings. The zero-order chi connectivity index (χ0) is 19.8. The summed E-state index contributed by atoms with van der Waals surface area (Å²) in [6.07, 6.45) is 2.41. The quantitative estimate of drug-likeness (QED) is 0.810. The van der Waals surface area contributed by atoms with Crippen LogP contribution in [0.4, 0.5) is 0 Å². The number of aryl methyl sites for hydroxylation is 1. The molecule has 0 N–H and O–H groups in total. The van der Waals surface area contributed by atoms with E-state index >= 15 is 0 Å². The number of carbonyl (C=O) groups is 1. The van der Waals surface area contributed by atoms with Gasteiger partial charge in [-0.25, -0.2) is 0 Å². The van der Waals surface area contributed by atoms with E-state index in [9.17, 15) is 4.79 Å². The van der Waals surface area contributed by atoms with Gasteiger partial charge in [-0.3, -0.25) is 4.79 Å². The molecule has 6 nitrogen and oxygen atoms in total. The monoisotopic (exact) mass is 383 g/mol. The Morgan fingerprint density at radius 2 is 1.57 bits per heavy atom. The van der Waals surface area contributed by atoms with Gasteiger partial charge in [-0.15, -0.1) is 0 Å². The second-order valence-corrected chi connectivity index (χ2v) is 7.04. The molecular formula is C22H25NO5. The highest BCUT2D eigenvalue weighted by atomic mass is 16.5. The summed E-state index contributed by atoms with van der Waals surface area (Å²) in [5.74, 6) is 2.51. The number of amides is 1. The summed E-state index contributed by atoms with van der Waals surface area (Å²) in [7, 11) is 6.45. The van der Waals surface area contributed by atoms with Gasteiger partial charge < -0.3 is 23.8 Å². The van der Waals surface area contributed by atoms with Gasteiger partial charge in [-0.1, -0.05) is 6.07 Å². The lowest BCUT2D eigenvalue weighted by Crippen LogP contribution is -2.39. The van der Waals surface area contributed by atoms with Crippen LogP contribution in [0.5, 0.6) is 23.0 Å². The van der Waals surface area contributed by atoms with Gasteiger partial charge in [0.15, 0.2) is 23.0 Å². The molecule has 0 saturated carbocycles. The lowest BCUT2D eigenvalue weighted by molar-refractivity contribution is 0.0659. The molecule has 148 valence electrons. The summed E-state index contributed by atoms with van der Waals surface area (Å²) in [5.41, 5.74) is 3.96. The van der Waals surface area contributed by atoms with Crippen LogP contribution in [0.1, 0.15) is 39.5 Å². The highest BCUT2D eigenvalue weighted by Gasteiger charge is 2.37. The van der Waals surface area contributed by atoms with E-state index in [-0.39, 0.29) is 11.9 Å². The number of methoxy groups -OCH3 is 4. The standard InChI is InChI=1S/C22H25NO5/c1-25-17-8-6-13-5-7-16-15-12-19(27-3)18(26-2)11-14(15)9-10-23(16)22(24)20(13)21(17)28-4/h6,8,11-12,16H,5,7,9-10H2,1-4H3. The van der Waals surface area contributed by atoms with Crippen molar-refractivity contribution in [2.24, 2.45) is 0 Å². The van der Waals surface area contributed by atoms with Gasteiger partial charge in [0.2, 0.25) is 0 Å². The number of hydrogen-bond donors (Lipinski definition) is 0. The van der Waals surface area contributed by atoms with E-state index in [1.165, 1.54) is 5.56 Å². The minimum absolute atomic E-state index is 0.000780. The molecule has 6 heteroatoms. The number of nitrogens with zero attached hydrogens (tertiary/aromatic N) is 1. The normalized spacial score (nSPS) is 17.8. The maximum atomic E-state index is 13.5. The van der Waals surface area contributed by atoms with Crippen molar-refractivity contribution in [1.29, 1.82) is 0 Å². The number of fused-ring (bicyclic) bond motifs is 4. The molecule has 0 aromatic heterocycles. The molecule has 1 atom stereocenters. The Hall–Kier alpha value is -2.89. The molecule has 0 aliphatic carbocycles. The van der Waals surface area contributed by atoms with Crippen molar-refractivity contribution in [3.05, 3.63) is 46.5 Å². The van der Waals surface area contributed by atoms with Crippen molar-refractivity contribution in [1.82, 2.24) is 4.90 Å². The van der Waals surface area contributed by atoms with E-state index in [0.29, 0.717) is 29.4 Å². The highest BCUT2D eigenvalue weighted by Crippen LogP contribution is 2.44. The van der Waals surface area contributed by atoms with Crippen LogP contribution >= 0.6 is 0 Å². The van der Waals surface area contributed by atoms with Gasteiger partial charge >= 0.3 is 0 Å². The summed E-state index contributed by atoms with van der Waals surface area (Å²) in [6, 6.07) is 7.91. The predicted molar refractivity (Wildman–Crippen MR) is 105 cm³/mol. The lowest BCUT2D eigenvalue weighted by Gasteiger charge is -2.37. The summed E-state index contributed by atoms with van der Waals surface area (Å²) < 4.78 is 21.9. The van der Waals surface area contributed by atoms with E-state index in [2.05, 4.69) is 0 Å². The topological polar surface area (TPSA) is 57.2 Å². The van der Waals surface area contributed by atoms with E-state index in [1.54, 1.807) is 28.4 Å². The second kappa shape index (κ2) is 7.26. The fourth-order valence-electron chi connectivity index (χ4n) is 4.43. The van der Waals surface area contributed by atoms with Crippen LogP contribution in [0, 0.1) is 0 Å². The molecule has 0 saturated heterocycles. The van der Waals surface area contributed by atoms with Crippen LogP contribution in [-0.2, 0) is 12.8 Å². The minimum Gasteiger partial charge on any atom is -0.493 e. The molecule has 1 unspecified atom stereocenters. The van der Waals surface area contributed by atoms with E-state index in [0.717, 1.165) is 36.1 Å². The smallest absolute Gasteiger partial charge is 0.258 e. The molecule has 0 radical (unpaired) electrons. The third-order valence-corrected chi connectivity index (χ3v) is 5.80. The van der Waals surface area contributed by atoms with Gasteiger partial charge in [0.25, 0.3) is 5.91 Å². The SMILES string of the molecule is COc1cc2c(cc1OC)C1CCc3ccc(OC)c(OC)c3C(=O)N1CC2. The molecule has 2 aromatic carbocycles. The number of carbonyl (C=O) groups excluding carboxylic acids is 1. The Morgan fingerprint density at radius 3 is 2.25 bits per heavy atom. The third kappa shape index (κ3) is 2.75. The maximum absolute atomic E-state index is 13.5. The van der Waals surface area contributed by atoms with Crippen LogP contribution in [-0.4, -0.2) is 45.8 Å². The van der Waals surface area contributed by atoms with Crippen LogP contribution in [0.25, 0.3) is 0 Å². The highest BCUT2D eigenvalue weighted by molar-refractivity contribution is 6.00. The molecule has 28 heavy (non-hydrogen) atoms. The number of benzene rings is 2. The van der Waals surface area contributed by atoms with Gasteiger partial charge in [0.05, 0.1) is 40.0 Å². The molecule has 4 rings (SSSR count). The Bertz CT molecular complexity index is 924. The van der Waals surface area contributed by atoms with Gasteiger partial charge in [-0.2, -0.15) is 0 Å². The largest absolute Gasteiger partial charge is 0.493 e. The Kier molecular flexibility index (Phi) is 4.79. The van der Waals surface area contributed by atoms with E-state index in [4.69, 9.17) is 18.9 Å². The zero-order valence-electron chi connectivity index (χ0n) is 16.7. The predicted octanol–water partition coefficient (Wildman–Crippen LogP) is 3.41. The van der Waals surface area contributed by atoms with Crippen LogP contribution in [0.3, 0.4) is 0 Å². The van der Waals surface area contributed by atoms with Crippen molar-refractivity contribution in [3.63, 3.8) is 0 Å². The van der Waals surface area contributed by atoms with Gasteiger partial charge in [-0.05, 0) is 54.2 Å². The number of hydrogen-bond acceptors (Lipinski definition) is 5. The fraction of sp³-hybridized carbons (Fsp3) is 0.409. The van der Waals surface area contributed by atoms with Gasteiger partial charge in [0, 0.05) is 6.54 Å². The molecule has 0 spiro atoms. The lowest BCUT2D eigenvalue weighted by atomic mass is 9.89. The van der Waals surface area contributed by atoms with Gasteiger partial charge in [0.1, 0.15) is 0 Å². The van der Waals surface area contributed by atoms with Crippen molar-refractivity contribution >= 4 is 5.91 Å². The average molecular weight is 383 g/mol. The molecule has 1 amide bonds. The van der Waals surface area contributed by atoms with Crippen molar-refractivity contribution in [2.75, 3.05) is 35.0 Å². The zero-order valence-corrected chi connectivity index (χ0v) is 16.7. The molecular weight excluding hydrogens is 358 g/mol. The summed E-state index contributed by atoms with van der Waals surface area (Å²) in [6.45, 7) is 0.659. The first kappa shape index (κ1) is 18.5. The third-order valence-electron chi connectivity index (χ3n) is 5.80. The average Bonchev–Trinajstić information content (AvgIpc) is 2.88. The van der Waals surface area contributed by atoms with Crippen molar-refractivity contribution in [3.8, 4) is 23.0 Å². The summed E-state index contributed by atoms with van der Waals surface area (Å²) >= 11 is 0. The Balaban J connectivity index is 1.81.